The first-order chi connectivity index (χ1) is 14.7. The lowest BCUT2D eigenvalue weighted by Gasteiger charge is -2.44. The van der Waals surface area contributed by atoms with E-state index in [1.807, 2.05) is 35.9 Å². The van der Waals surface area contributed by atoms with Gasteiger partial charge in [0.25, 0.3) is 0 Å². The Morgan fingerprint density at radius 3 is 2.83 bits per heavy atom. The summed E-state index contributed by atoms with van der Waals surface area (Å²) < 4.78 is 13.8. The minimum Gasteiger partial charge on any atom is -0.485 e. The predicted molar refractivity (Wildman–Crippen MR) is 114 cm³/mol. The second-order valence-electron chi connectivity index (χ2n) is 8.39. The van der Waals surface area contributed by atoms with Gasteiger partial charge in [-0.25, -0.2) is 0 Å². The molecular formula is C22H28N4O3S. The molecule has 0 spiro atoms. The highest BCUT2D eigenvalue weighted by Gasteiger charge is 2.35. The largest absolute Gasteiger partial charge is 0.485 e. The van der Waals surface area contributed by atoms with E-state index in [1.165, 1.54) is 37.4 Å². The van der Waals surface area contributed by atoms with E-state index in [4.69, 9.17) is 9.47 Å². The Morgan fingerprint density at radius 2 is 1.93 bits per heavy atom. The molecule has 2 aromatic rings. The lowest BCUT2D eigenvalue weighted by Crippen LogP contribution is -2.50. The number of hydrogen-bond donors (Lipinski definition) is 0. The number of amides is 1. The number of para-hydroxylation sites is 2. The zero-order chi connectivity index (χ0) is 20.5. The first-order valence-electron chi connectivity index (χ1n) is 10.9. The van der Waals surface area contributed by atoms with E-state index in [2.05, 4.69) is 15.1 Å². The molecule has 7 nitrogen and oxygen atoms in total. The van der Waals surface area contributed by atoms with Crippen LogP contribution in [0.3, 0.4) is 0 Å². The van der Waals surface area contributed by atoms with Crippen molar-refractivity contribution in [2.24, 2.45) is 13.0 Å². The third kappa shape index (κ3) is 3.77. The van der Waals surface area contributed by atoms with Crippen molar-refractivity contribution in [3.63, 3.8) is 0 Å². The molecular weight excluding hydrogens is 400 g/mol. The lowest BCUT2D eigenvalue weighted by atomic mass is 9.78. The molecule has 160 valence electrons. The number of rotatable bonds is 4. The highest BCUT2D eigenvalue weighted by Crippen LogP contribution is 2.37. The molecule has 8 heteroatoms. The number of hydrogen-bond acceptors (Lipinski definition) is 6. The molecule has 0 bridgehead atoms. The van der Waals surface area contributed by atoms with E-state index in [0.29, 0.717) is 35.9 Å². The Balaban J connectivity index is 1.22. The Hall–Kier alpha value is -2.22. The first kappa shape index (κ1) is 19.7. The van der Waals surface area contributed by atoms with E-state index in [0.717, 1.165) is 30.3 Å². The quantitative estimate of drug-likeness (QED) is 0.693. The van der Waals surface area contributed by atoms with Gasteiger partial charge in [0.15, 0.2) is 28.6 Å². The van der Waals surface area contributed by atoms with Crippen molar-refractivity contribution in [2.75, 3.05) is 18.9 Å². The molecule has 1 aromatic heterocycles. The van der Waals surface area contributed by atoms with Crippen molar-refractivity contribution >= 4 is 17.7 Å². The zero-order valence-corrected chi connectivity index (χ0v) is 18.1. The van der Waals surface area contributed by atoms with E-state index < -0.39 is 0 Å². The predicted octanol–water partition coefficient (Wildman–Crippen LogP) is 3.60. The number of benzene rings is 1. The number of thioether (sulfide) groups is 1. The molecule has 2 fully saturated rings. The first-order valence-corrected chi connectivity index (χ1v) is 11.9. The van der Waals surface area contributed by atoms with Gasteiger partial charge in [-0.05, 0) is 43.7 Å². The number of ether oxygens (including phenoxy) is 2. The summed E-state index contributed by atoms with van der Waals surface area (Å²) in [6, 6.07) is 8.08. The number of likely N-dealkylation sites (tertiary alicyclic amines) is 1. The number of carbonyl (C=O) groups excluding carboxylic acids is 1. The van der Waals surface area contributed by atoms with Crippen molar-refractivity contribution in [1.82, 2.24) is 19.7 Å². The summed E-state index contributed by atoms with van der Waals surface area (Å²) in [4.78, 5) is 15.1. The van der Waals surface area contributed by atoms with Crippen LogP contribution in [0.25, 0.3) is 0 Å². The van der Waals surface area contributed by atoms with E-state index in [9.17, 15) is 4.79 Å². The monoisotopic (exact) mass is 428 g/mol. The van der Waals surface area contributed by atoms with E-state index in [-0.39, 0.29) is 12.0 Å². The van der Waals surface area contributed by atoms with Crippen LogP contribution in [0.15, 0.2) is 29.4 Å². The fourth-order valence-electron chi connectivity index (χ4n) is 5.02. The molecule has 1 aromatic carbocycles. The topological polar surface area (TPSA) is 69.5 Å². The van der Waals surface area contributed by atoms with Gasteiger partial charge in [-0.15, -0.1) is 10.2 Å². The summed E-state index contributed by atoms with van der Waals surface area (Å²) in [5.41, 5.74) is 0. The third-order valence-corrected chi connectivity index (χ3v) is 7.56. The maximum absolute atomic E-state index is 13.0. The molecule has 0 N–H and O–H groups in total. The number of aromatic nitrogens is 3. The Kier molecular flexibility index (Phi) is 5.58. The standard InChI is InChI=1S/C22H28N4O3S/c1-25-21(19-13-28-17-10-4-5-11-18(17)29-19)23-24-22(25)30-14-20(27)26-12-6-8-15-7-2-3-9-16(15)26/h4-5,10-11,15-16,19H,2-3,6-9,12-14H2,1H3. The molecule has 1 amide bonds. The highest BCUT2D eigenvalue weighted by atomic mass is 32.2. The summed E-state index contributed by atoms with van der Waals surface area (Å²) in [6.07, 6.45) is 7.10. The lowest BCUT2D eigenvalue weighted by molar-refractivity contribution is -0.134. The maximum atomic E-state index is 13.0. The second kappa shape index (κ2) is 8.49. The van der Waals surface area contributed by atoms with Gasteiger partial charge in [0.05, 0.1) is 5.75 Å². The Labute approximate surface area is 181 Å². The van der Waals surface area contributed by atoms with E-state index >= 15 is 0 Å². The molecule has 30 heavy (non-hydrogen) atoms. The molecule has 1 aliphatic carbocycles. The van der Waals surface area contributed by atoms with Crippen LogP contribution >= 0.6 is 11.8 Å². The van der Waals surface area contributed by atoms with Crippen LogP contribution in [0.4, 0.5) is 0 Å². The van der Waals surface area contributed by atoms with Gasteiger partial charge >= 0.3 is 0 Å². The van der Waals surface area contributed by atoms with Gasteiger partial charge in [-0.3, -0.25) is 4.79 Å². The van der Waals surface area contributed by atoms with Crippen molar-refractivity contribution in [2.45, 2.75) is 55.8 Å². The molecule has 1 saturated heterocycles. The summed E-state index contributed by atoms with van der Waals surface area (Å²) in [7, 11) is 1.92. The number of piperidine rings is 1. The van der Waals surface area contributed by atoms with Crippen LogP contribution in [-0.4, -0.2) is 50.5 Å². The number of carbonyl (C=O) groups is 1. The molecule has 1 saturated carbocycles. The normalized spacial score (nSPS) is 25.6. The molecule has 3 unspecified atom stereocenters. The second-order valence-corrected chi connectivity index (χ2v) is 9.34. The summed E-state index contributed by atoms with van der Waals surface area (Å²) in [6.45, 7) is 1.29. The fraction of sp³-hybridized carbons (Fsp3) is 0.591. The average Bonchev–Trinajstić information content (AvgIpc) is 3.17. The molecule has 3 heterocycles. The van der Waals surface area contributed by atoms with Crippen LogP contribution in [0.1, 0.15) is 50.5 Å². The number of nitrogens with zero attached hydrogens (tertiary/aromatic N) is 4. The van der Waals surface area contributed by atoms with Gasteiger partial charge < -0.3 is 18.9 Å². The van der Waals surface area contributed by atoms with Crippen LogP contribution in [-0.2, 0) is 11.8 Å². The molecule has 3 aliphatic rings. The van der Waals surface area contributed by atoms with Crippen molar-refractivity contribution < 1.29 is 14.3 Å². The molecule has 5 rings (SSSR count). The Bertz CT molecular complexity index is 916. The van der Waals surface area contributed by atoms with Crippen LogP contribution in [0.5, 0.6) is 11.5 Å². The van der Waals surface area contributed by atoms with Crippen LogP contribution < -0.4 is 9.47 Å². The highest BCUT2D eigenvalue weighted by molar-refractivity contribution is 7.99. The van der Waals surface area contributed by atoms with E-state index in [1.54, 1.807) is 0 Å². The van der Waals surface area contributed by atoms with Crippen LogP contribution in [0, 0.1) is 5.92 Å². The summed E-state index contributed by atoms with van der Waals surface area (Å²) >= 11 is 1.46. The molecule has 3 atom stereocenters. The van der Waals surface area contributed by atoms with Gasteiger partial charge in [0, 0.05) is 19.6 Å². The van der Waals surface area contributed by atoms with Gasteiger partial charge in [-0.2, -0.15) is 0 Å². The van der Waals surface area contributed by atoms with Crippen molar-refractivity contribution in [1.29, 1.82) is 0 Å². The van der Waals surface area contributed by atoms with Crippen molar-refractivity contribution in [3.05, 3.63) is 30.1 Å². The number of fused-ring (bicyclic) bond motifs is 2. The fourth-order valence-corrected chi connectivity index (χ4v) is 5.83. The SMILES string of the molecule is Cn1c(SCC(=O)N2CCCC3CCCCC32)nnc1C1COc2ccccc2O1. The molecule has 2 aliphatic heterocycles. The summed E-state index contributed by atoms with van der Waals surface area (Å²) in [5, 5.41) is 9.38. The average molecular weight is 429 g/mol. The van der Waals surface area contributed by atoms with Crippen LogP contribution in [0.2, 0.25) is 0 Å². The zero-order valence-electron chi connectivity index (χ0n) is 17.3. The smallest absolute Gasteiger partial charge is 0.233 e. The third-order valence-electron chi connectivity index (χ3n) is 6.55. The molecule has 0 radical (unpaired) electrons. The van der Waals surface area contributed by atoms with Gasteiger partial charge in [-0.1, -0.05) is 36.7 Å². The minimum atomic E-state index is -0.312. The van der Waals surface area contributed by atoms with Gasteiger partial charge in [0.2, 0.25) is 5.91 Å². The minimum absolute atomic E-state index is 0.229. The summed E-state index contributed by atoms with van der Waals surface area (Å²) in [5.74, 6) is 3.51. The van der Waals surface area contributed by atoms with Crippen molar-refractivity contribution in [3.8, 4) is 11.5 Å². The maximum Gasteiger partial charge on any atom is 0.233 e. The Morgan fingerprint density at radius 1 is 1.13 bits per heavy atom. The van der Waals surface area contributed by atoms with Gasteiger partial charge in [0.1, 0.15) is 6.61 Å².